The van der Waals surface area contributed by atoms with E-state index in [1.807, 2.05) is 0 Å². The lowest BCUT2D eigenvalue weighted by atomic mass is 9.73. The van der Waals surface area contributed by atoms with Crippen molar-refractivity contribution < 1.29 is 4.42 Å². The fraction of sp³-hybridized carbons (Fsp3) is 0.300. The van der Waals surface area contributed by atoms with Crippen LogP contribution < -0.4 is 19.6 Å². The van der Waals surface area contributed by atoms with Crippen LogP contribution in [0.4, 0.5) is 22.7 Å². The van der Waals surface area contributed by atoms with Crippen molar-refractivity contribution in [2.24, 2.45) is 5.92 Å². The molecule has 5 atom stereocenters. The second kappa shape index (κ2) is 8.92. The molecule has 47 heavy (non-hydrogen) atoms. The third-order valence-corrected chi connectivity index (χ3v) is 12.4. The van der Waals surface area contributed by atoms with Gasteiger partial charge in [-0.1, -0.05) is 48.5 Å². The van der Waals surface area contributed by atoms with Crippen molar-refractivity contribution in [2.75, 3.05) is 45.8 Å². The Labute approximate surface area is 274 Å². The first-order chi connectivity index (χ1) is 23.3. The minimum Gasteiger partial charge on any atom is -0.454 e. The molecule has 232 valence electrons. The van der Waals surface area contributed by atoms with E-state index in [9.17, 15) is 0 Å². The van der Waals surface area contributed by atoms with Gasteiger partial charge in [-0.2, -0.15) is 0 Å². The van der Waals surface area contributed by atoms with Crippen LogP contribution in [0.2, 0.25) is 0 Å². The number of nitrogens with zero attached hydrogens (tertiary/aromatic N) is 6. The van der Waals surface area contributed by atoms with Gasteiger partial charge in [0.1, 0.15) is 17.9 Å². The van der Waals surface area contributed by atoms with Crippen LogP contribution in [-0.2, 0) is 12.8 Å². The number of aryl methyl sites for hydroxylation is 2. The lowest BCUT2D eigenvalue weighted by Crippen LogP contribution is -2.63. The molecule has 8 aliphatic heterocycles. The minimum absolute atomic E-state index is 0.0660. The quantitative estimate of drug-likeness (QED) is 0.185. The molecule has 10 bridgehead atoms. The van der Waals surface area contributed by atoms with E-state index in [1.54, 1.807) is 0 Å². The number of rotatable bonds is 0. The van der Waals surface area contributed by atoms with Crippen molar-refractivity contribution in [3.8, 4) is 0 Å². The summed E-state index contributed by atoms with van der Waals surface area (Å²) in [6, 6.07) is 29.9. The van der Waals surface area contributed by atoms with E-state index in [2.05, 4.69) is 133 Å². The maximum Gasteiger partial charge on any atom is 0.159 e. The number of fused-ring (bicyclic) bond motifs is 9. The first kappa shape index (κ1) is 25.2. The Hall–Kier alpha value is -4.88. The second-order valence-electron chi connectivity index (χ2n) is 14.4. The van der Waals surface area contributed by atoms with Crippen LogP contribution in [0.15, 0.2) is 108 Å². The fourth-order valence-electron chi connectivity index (χ4n) is 10.6. The molecule has 0 radical (unpaired) electrons. The summed E-state index contributed by atoms with van der Waals surface area (Å²) < 4.78 is 6.86. The van der Waals surface area contributed by atoms with Crippen LogP contribution in [0, 0.1) is 5.92 Å². The highest BCUT2D eigenvalue weighted by molar-refractivity contribution is 6.10. The maximum absolute atomic E-state index is 6.86. The Morgan fingerprint density at radius 2 is 1.49 bits per heavy atom. The van der Waals surface area contributed by atoms with Gasteiger partial charge in [-0.3, -0.25) is 4.90 Å². The molecular weight excluding hydrogens is 580 g/mol. The summed E-state index contributed by atoms with van der Waals surface area (Å²) in [5, 5.41) is 2.40. The highest BCUT2D eigenvalue weighted by Gasteiger charge is 2.58. The Balaban J connectivity index is 1.20. The predicted octanol–water partition coefficient (Wildman–Crippen LogP) is 7.01. The van der Waals surface area contributed by atoms with Crippen LogP contribution in [0.1, 0.15) is 29.0 Å². The minimum atomic E-state index is 0.0660. The molecule has 5 unspecified atom stereocenters. The predicted molar refractivity (Wildman–Crippen MR) is 188 cm³/mol. The Morgan fingerprint density at radius 3 is 2.49 bits per heavy atom. The monoisotopic (exact) mass is 616 g/mol. The number of benzene rings is 4. The van der Waals surface area contributed by atoms with Crippen LogP contribution in [0.3, 0.4) is 0 Å². The third-order valence-electron chi connectivity index (χ3n) is 12.4. The normalized spacial score (nSPS) is 28.0. The molecule has 2 saturated heterocycles. The summed E-state index contributed by atoms with van der Waals surface area (Å²) in [5.41, 5.74) is 11.6. The highest BCUT2D eigenvalue weighted by Crippen LogP contribution is 2.56. The van der Waals surface area contributed by atoms with Crippen LogP contribution in [-0.4, -0.2) is 54.5 Å². The summed E-state index contributed by atoms with van der Waals surface area (Å²) in [5.74, 6) is 0.552. The lowest BCUT2D eigenvalue weighted by molar-refractivity contribution is 0.127. The lowest BCUT2D eigenvalue weighted by Gasteiger charge is -2.55. The van der Waals surface area contributed by atoms with E-state index in [0.717, 1.165) is 50.2 Å². The second-order valence-corrected chi connectivity index (χ2v) is 14.4. The SMILES string of the molecule is C1=CN2c3ccc4cc3CCc3ccc5c(oc6ccccc65)c3N3C=CN4C3C3C4c5ccccc5N5CCN(CCCN1C42)C35. The van der Waals surface area contributed by atoms with Gasteiger partial charge in [0.05, 0.1) is 11.9 Å². The Kier molecular flexibility index (Phi) is 4.79. The number of para-hydroxylation sites is 2. The molecule has 8 aliphatic rings. The molecule has 2 fully saturated rings. The molecule has 0 aliphatic carbocycles. The molecule has 7 nitrogen and oxygen atoms in total. The van der Waals surface area contributed by atoms with Gasteiger partial charge < -0.3 is 28.9 Å². The largest absolute Gasteiger partial charge is 0.454 e. The summed E-state index contributed by atoms with van der Waals surface area (Å²) in [6.45, 7) is 4.36. The third kappa shape index (κ3) is 3.16. The molecule has 7 heteroatoms. The van der Waals surface area contributed by atoms with Gasteiger partial charge in [0.15, 0.2) is 5.58 Å². The molecular formula is C40H36N6O. The van der Waals surface area contributed by atoms with Gasteiger partial charge in [-0.05, 0) is 66.3 Å². The van der Waals surface area contributed by atoms with Crippen LogP contribution in [0.5, 0.6) is 0 Å². The van der Waals surface area contributed by atoms with E-state index in [0.29, 0.717) is 6.17 Å². The molecule has 13 rings (SSSR count). The molecule has 5 aromatic rings. The number of hydrogen-bond acceptors (Lipinski definition) is 7. The van der Waals surface area contributed by atoms with Crippen molar-refractivity contribution in [3.63, 3.8) is 0 Å². The van der Waals surface area contributed by atoms with Gasteiger partial charge >= 0.3 is 0 Å². The number of anilines is 4. The van der Waals surface area contributed by atoms with E-state index in [-0.39, 0.29) is 24.2 Å². The van der Waals surface area contributed by atoms with E-state index < -0.39 is 0 Å². The number of furan rings is 1. The zero-order valence-electron chi connectivity index (χ0n) is 26.2. The van der Waals surface area contributed by atoms with Crippen molar-refractivity contribution in [1.82, 2.24) is 9.80 Å². The molecule has 0 spiro atoms. The van der Waals surface area contributed by atoms with Gasteiger partial charge in [-0.25, -0.2) is 0 Å². The van der Waals surface area contributed by atoms with Crippen molar-refractivity contribution in [1.29, 1.82) is 0 Å². The van der Waals surface area contributed by atoms with Crippen LogP contribution >= 0.6 is 0 Å². The zero-order chi connectivity index (χ0) is 30.4. The standard InChI is InChI=1S/C40H36N6O/c1-3-8-32-30(7-1)34-35-39-42(19-21-45(32)39)17-5-16-41-18-20-44(38(34)41)31-15-13-27-24-26(31)11-10-25-12-14-29-28-6-2-4-9-33(28)47-37(29)36(25)46-23-22-43(27)40(35)46/h1-4,6-9,12-15,18,20,22-24,34-35,38-40H,5,10-11,16-17,19,21H2. The van der Waals surface area contributed by atoms with Gasteiger partial charge in [0.2, 0.25) is 0 Å². The van der Waals surface area contributed by atoms with Crippen molar-refractivity contribution >= 4 is 44.7 Å². The highest BCUT2D eigenvalue weighted by atomic mass is 16.3. The maximum atomic E-state index is 6.86. The first-order valence-corrected chi connectivity index (χ1v) is 17.4. The van der Waals surface area contributed by atoms with Gasteiger partial charge in [-0.15, -0.1) is 0 Å². The van der Waals surface area contributed by atoms with Crippen molar-refractivity contribution in [3.05, 3.63) is 120 Å². The summed E-state index contributed by atoms with van der Waals surface area (Å²) in [4.78, 5) is 16.2. The molecule has 4 aromatic carbocycles. The Morgan fingerprint density at radius 1 is 0.617 bits per heavy atom. The molecule has 9 heterocycles. The van der Waals surface area contributed by atoms with Gasteiger partial charge in [0, 0.05) is 90.6 Å². The molecule has 0 amide bonds. The fourth-order valence-corrected chi connectivity index (χ4v) is 10.6. The number of hydrogen-bond donors (Lipinski definition) is 0. The first-order valence-electron chi connectivity index (χ1n) is 17.4. The van der Waals surface area contributed by atoms with Crippen LogP contribution in [0.25, 0.3) is 21.9 Å². The molecule has 0 N–H and O–H groups in total. The van der Waals surface area contributed by atoms with Crippen molar-refractivity contribution in [2.45, 2.75) is 43.7 Å². The summed E-state index contributed by atoms with van der Waals surface area (Å²) in [7, 11) is 0. The van der Waals surface area contributed by atoms with E-state index in [1.165, 1.54) is 56.6 Å². The smallest absolute Gasteiger partial charge is 0.159 e. The molecule has 1 aromatic heterocycles. The topological polar surface area (TPSA) is 32.6 Å². The average Bonchev–Trinajstić information content (AvgIpc) is 3.90. The van der Waals surface area contributed by atoms with E-state index in [4.69, 9.17) is 4.42 Å². The molecule has 0 saturated carbocycles. The summed E-state index contributed by atoms with van der Waals surface area (Å²) in [6.07, 6.45) is 13.2. The average molecular weight is 617 g/mol. The van der Waals surface area contributed by atoms with Gasteiger partial charge in [0.25, 0.3) is 0 Å². The summed E-state index contributed by atoms with van der Waals surface area (Å²) >= 11 is 0. The zero-order valence-corrected chi connectivity index (χ0v) is 26.2. The van der Waals surface area contributed by atoms with E-state index >= 15 is 0 Å². The Bertz CT molecular complexity index is 2200.